The van der Waals surface area contributed by atoms with Gasteiger partial charge in [-0.1, -0.05) is 0 Å². The molecule has 0 saturated carbocycles. The molecule has 0 bridgehead atoms. The van der Waals surface area contributed by atoms with Gasteiger partial charge in [-0.15, -0.1) is 0 Å². The number of amides is 1. The van der Waals surface area contributed by atoms with Crippen LogP contribution in [0.3, 0.4) is 0 Å². The van der Waals surface area contributed by atoms with Crippen molar-refractivity contribution in [3.8, 4) is 11.9 Å². The van der Waals surface area contributed by atoms with E-state index in [4.69, 9.17) is 9.47 Å². The highest BCUT2D eigenvalue weighted by Gasteiger charge is 2.31. The van der Waals surface area contributed by atoms with Crippen LogP contribution < -0.4 is 14.8 Å². The second-order valence-corrected chi connectivity index (χ2v) is 4.35. The number of carbonyl (C=O) groups excluding carboxylic acids is 2. The Bertz CT molecular complexity index is 494. The van der Waals surface area contributed by atoms with E-state index < -0.39 is 17.4 Å². The Morgan fingerprint density at radius 2 is 1.80 bits per heavy atom. The lowest BCUT2D eigenvalue weighted by molar-refractivity contribution is -0.146. The van der Waals surface area contributed by atoms with Gasteiger partial charge >= 0.3 is 12.0 Å². The number of esters is 1. The first-order valence-electron chi connectivity index (χ1n) is 5.72. The number of hydrogen-bond acceptors (Lipinski definition) is 7. The van der Waals surface area contributed by atoms with Crippen LogP contribution in [-0.2, 0) is 9.53 Å². The van der Waals surface area contributed by atoms with E-state index in [1.807, 2.05) is 0 Å². The van der Waals surface area contributed by atoms with Gasteiger partial charge in [0.05, 0.1) is 21.3 Å². The van der Waals surface area contributed by atoms with Crippen LogP contribution in [0.4, 0.5) is 0 Å². The van der Waals surface area contributed by atoms with Crippen molar-refractivity contribution in [3.05, 3.63) is 11.8 Å². The fourth-order valence-electron chi connectivity index (χ4n) is 1.37. The van der Waals surface area contributed by atoms with E-state index in [-0.39, 0.29) is 17.6 Å². The van der Waals surface area contributed by atoms with Crippen molar-refractivity contribution in [2.75, 3.05) is 21.3 Å². The topological polar surface area (TPSA) is 99.6 Å². The zero-order chi connectivity index (χ0) is 15.3. The van der Waals surface area contributed by atoms with E-state index in [1.165, 1.54) is 41.2 Å². The Kier molecular flexibility index (Phi) is 4.84. The monoisotopic (exact) mass is 283 g/mol. The first-order chi connectivity index (χ1) is 9.33. The van der Waals surface area contributed by atoms with Gasteiger partial charge in [-0.05, 0) is 13.8 Å². The smallest absolute Gasteiger partial charge is 0.330 e. The third-order valence-corrected chi connectivity index (χ3v) is 2.43. The average Bonchev–Trinajstić information content (AvgIpc) is 2.44. The number of ether oxygens (including phenoxy) is 3. The summed E-state index contributed by atoms with van der Waals surface area (Å²) in [6.07, 6.45) is 0. The van der Waals surface area contributed by atoms with Crippen LogP contribution in [-0.4, -0.2) is 48.7 Å². The number of nitrogens with zero attached hydrogens (tertiary/aromatic N) is 2. The molecule has 0 fully saturated rings. The molecular formula is C12H17N3O5. The third kappa shape index (κ3) is 3.56. The number of methoxy groups -OCH3 is 3. The maximum absolute atomic E-state index is 12.1. The lowest BCUT2D eigenvalue weighted by atomic mass is 10.1. The second kappa shape index (κ2) is 6.18. The second-order valence-electron chi connectivity index (χ2n) is 4.35. The maximum Gasteiger partial charge on any atom is 0.330 e. The van der Waals surface area contributed by atoms with Crippen LogP contribution in [0.5, 0.6) is 11.9 Å². The molecule has 0 aliphatic rings. The number of rotatable bonds is 5. The van der Waals surface area contributed by atoms with Crippen LogP contribution in [0.1, 0.15) is 24.3 Å². The molecule has 1 rings (SSSR count). The van der Waals surface area contributed by atoms with Crippen molar-refractivity contribution in [1.82, 2.24) is 15.3 Å². The molecule has 110 valence electrons. The summed E-state index contributed by atoms with van der Waals surface area (Å²) in [6.45, 7) is 3.04. The SMILES string of the molecule is COC(=O)C(C)(C)NC(=O)c1cc(OC)nc(OC)n1. The molecule has 8 heteroatoms. The van der Waals surface area contributed by atoms with Crippen molar-refractivity contribution in [3.63, 3.8) is 0 Å². The minimum absolute atomic E-state index is 0.00891. The summed E-state index contributed by atoms with van der Waals surface area (Å²) in [4.78, 5) is 31.4. The zero-order valence-corrected chi connectivity index (χ0v) is 12.0. The van der Waals surface area contributed by atoms with Gasteiger partial charge in [-0.25, -0.2) is 4.79 Å². The van der Waals surface area contributed by atoms with Crippen LogP contribution in [0.25, 0.3) is 0 Å². The maximum atomic E-state index is 12.1. The summed E-state index contributed by atoms with van der Waals surface area (Å²) in [7, 11) is 4.02. The summed E-state index contributed by atoms with van der Waals surface area (Å²) < 4.78 is 14.4. The lowest BCUT2D eigenvalue weighted by Crippen LogP contribution is -2.50. The molecule has 1 aromatic rings. The molecule has 0 saturated heterocycles. The van der Waals surface area contributed by atoms with E-state index in [0.717, 1.165) is 0 Å². The molecule has 0 radical (unpaired) electrons. The van der Waals surface area contributed by atoms with E-state index in [1.54, 1.807) is 0 Å². The van der Waals surface area contributed by atoms with Gasteiger partial charge in [0.2, 0.25) is 5.88 Å². The molecule has 20 heavy (non-hydrogen) atoms. The molecule has 0 aromatic carbocycles. The molecule has 0 aliphatic carbocycles. The molecule has 1 aromatic heterocycles. The van der Waals surface area contributed by atoms with Gasteiger partial charge in [-0.3, -0.25) is 4.79 Å². The van der Waals surface area contributed by atoms with E-state index in [2.05, 4.69) is 20.0 Å². The Labute approximate surface area is 116 Å². The number of hydrogen-bond donors (Lipinski definition) is 1. The van der Waals surface area contributed by atoms with E-state index >= 15 is 0 Å². The summed E-state index contributed by atoms with van der Waals surface area (Å²) in [5.74, 6) is -0.962. The van der Waals surface area contributed by atoms with E-state index in [0.29, 0.717) is 0 Å². The first kappa shape index (κ1) is 15.7. The van der Waals surface area contributed by atoms with E-state index in [9.17, 15) is 9.59 Å². The third-order valence-electron chi connectivity index (χ3n) is 2.43. The highest BCUT2D eigenvalue weighted by molar-refractivity contribution is 5.96. The summed E-state index contributed by atoms with van der Waals surface area (Å²) in [5, 5.41) is 2.51. The number of nitrogens with one attached hydrogen (secondary N) is 1. The van der Waals surface area contributed by atoms with Crippen LogP contribution in [0, 0.1) is 0 Å². The zero-order valence-electron chi connectivity index (χ0n) is 12.0. The molecule has 0 atom stereocenters. The van der Waals surface area contributed by atoms with Crippen LogP contribution >= 0.6 is 0 Å². The highest BCUT2D eigenvalue weighted by Crippen LogP contribution is 2.14. The molecule has 8 nitrogen and oxygen atoms in total. The quantitative estimate of drug-likeness (QED) is 0.769. The Morgan fingerprint density at radius 1 is 1.15 bits per heavy atom. The van der Waals surface area contributed by atoms with Gasteiger partial charge < -0.3 is 19.5 Å². The Hall–Kier alpha value is -2.38. The molecule has 1 amide bonds. The molecule has 0 unspecified atom stereocenters. The predicted octanol–water partition coefficient (Wildman–Crippen LogP) is 0.175. The summed E-state index contributed by atoms with van der Waals surface area (Å²) in [6, 6.07) is 1.33. The lowest BCUT2D eigenvalue weighted by Gasteiger charge is -2.22. The Morgan fingerprint density at radius 3 is 2.30 bits per heavy atom. The molecule has 1 N–H and O–H groups in total. The predicted molar refractivity (Wildman–Crippen MR) is 68.7 cm³/mol. The molecule has 1 heterocycles. The number of aromatic nitrogens is 2. The summed E-state index contributed by atoms with van der Waals surface area (Å²) >= 11 is 0. The molecular weight excluding hydrogens is 266 g/mol. The number of carbonyl (C=O) groups is 2. The van der Waals surface area contributed by atoms with Crippen LogP contribution in [0.2, 0.25) is 0 Å². The van der Waals surface area contributed by atoms with Crippen molar-refractivity contribution in [2.24, 2.45) is 0 Å². The minimum atomic E-state index is -1.18. The average molecular weight is 283 g/mol. The van der Waals surface area contributed by atoms with Gasteiger partial charge in [0.15, 0.2) is 0 Å². The van der Waals surface area contributed by atoms with Gasteiger partial charge in [0, 0.05) is 6.07 Å². The standard InChI is InChI=1S/C12H17N3O5/c1-12(2,10(17)19-4)15-9(16)7-6-8(18-3)14-11(13-7)20-5/h6H,1-5H3,(H,15,16). The highest BCUT2D eigenvalue weighted by atomic mass is 16.5. The van der Waals surface area contributed by atoms with Crippen molar-refractivity contribution < 1.29 is 23.8 Å². The minimum Gasteiger partial charge on any atom is -0.481 e. The van der Waals surface area contributed by atoms with Gasteiger partial charge in [0.25, 0.3) is 5.91 Å². The van der Waals surface area contributed by atoms with Gasteiger partial charge in [0.1, 0.15) is 11.2 Å². The molecule has 0 aliphatic heterocycles. The normalized spacial score (nSPS) is 10.7. The molecule has 0 spiro atoms. The van der Waals surface area contributed by atoms with Crippen molar-refractivity contribution in [1.29, 1.82) is 0 Å². The fourth-order valence-corrected chi connectivity index (χ4v) is 1.37. The van der Waals surface area contributed by atoms with Crippen molar-refractivity contribution >= 4 is 11.9 Å². The largest absolute Gasteiger partial charge is 0.481 e. The Balaban J connectivity index is 3.00. The van der Waals surface area contributed by atoms with Crippen LogP contribution in [0.15, 0.2) is 6.07 Å². The first-order valence-corrected chi connectivity index (χ1v) is 5.72. The summed E-state index contributed by atoms with van der Waals surface area (Å²) in [5.41, 5.74) is -1.16. The fraction of sp³-hybridized carbons (Fsp3) is 0.500. The van der Waals surface area contributed by atoms with Gasteiger partial charge in [-0.2, -0.15) is 9.97 Å². The van der Waals surface area contributed by atoms with Crippen molar-refractivity contribution in [2.45, 2.75) is 19.4 Å².